The third-order valence-electron chi connectivity index (χ3n) is 3.86. The first kappa shape index (κ1) is 10.0. The number of fused-ring (bicyclic) bond motifs is 1. The lowest BCUT2D eigenvalue weighted by Crippen LogP contribution is -2.14. The van der Waals surface area contributed by atoms with Crippen LogP contribution in [0.5, 0.6) is 0 Å². The lowest BCUT2D eigenvalue weighted by molar-refractivity contribution is 0.0130. The maximum Gasteiger partial charge on any atom is 0.256 e. The minimum atomic E-state index is -2.54. The van der Waals surface area contributed by atoms with Crippen LogP contribution in [0.2, 0.25) is 0 Å². The van der Waals surface area contributed by atoms with E-state index >= 15 is 0 Å². The standard InChI is InChI=1S/C14H14F2/c1-2-13(5-6-13)12-4-3-10-8-14(15,16)9-11(10)7-12/h2-4,7H,1,5-6,8-9H2. The number of halogens is 2. The Hall–Kier alpha value is -1.18. The second-order valence-corrected chi connectivity index (χ2v) is 5.05. The first-order valence-corrected chi connectivity index (χ1v) is 5.68. The summed E-state index contributed by atoms with van der Waals surface area (Å²) >= 11 is 0. The molecule has 0 amide bonds. The lowest BCUT2D eigenvalue weighted by atomic mass is 9.93. The van der Waals surface area contributed by atoms with E-state index in [4.69, 9.17) is 0 Å². The molecule has 0 bridgehead atoms. The van der Waals surface area contributed by atoms with E-state index in [0.29, 0.717) is 0 Å². The molecular weight excluding hydrogens is 206 g/mol. The second kappa shape index (κ2) is 2.93. The van der Waals surface area contributed by atoms with Crippen molar-refractivity contribution in [2.75, 3.05) is 0 Å². The number of hydrogen-bond acceptors (Lipinski definition) is 0. The zero-order valence-electron chi connectivity index (χ0n) is 9.10. The molecule has 84 valence electrons. The Bertz CT molecular complexity index is 456. The largest absolute Gasteiger partial charge is 0.256 e. The Labute approximate surface area is 94.0 Å². The van der Waals surface area contributed by atoms with Crippen molar-refractivity contribution in [3.8, 4) is 0 Å². The zero-order chi connectivity index (χ0) is 11.4. The highest BCUT2D eigenvalue weighted by Gasteiger charge is 2.43. The molecule has 0 saturated heterocycles. The van der Waals surface area contributed by atoms with E-state index in [-0.39, 0.29) is 18.3 Å². The number of allylic oxidation sites excluding steroid dienone is 1. The van der Waals surface area contributed by atoms with Crippen LogP contribution in [-0.2, 0) is 18.3 Å². The fourth-order valence-electron chi connectivity index (χ4n) is 2.64. The van der Waals surface area contributed by atoms with Crippen molar-refractivity contribution in [2.45, 2.75) is 37.0 Å². The van der Waals surface area contributed by atoms with Crippen LogP contribution in [0, 0.1) is 0 Å². The molecule has 3 rings (SSSR count). The molecule has 2 heteroatoms. The van der Waals surface area contributed by atoms with Crippen LogP contribution >= 0.6 is 0 Å². The fraction of sp³-hybridized carbons (Fsp3) is 0.429. The number of rotatable bonds is 2. The molecular formula is C14H14F2. The van der Waals surface area contributed by atoms with Crippen LogP contribution in [0.3, 0.4) is 0 Å². The average Bonchev–Trinajstić information content (AvgIpc) is 2.95. The van der Waals surface area contributed by atoms with Gasteiger partial charge in [-0.05, 0) is 29.5 Å². The van der Waals surface area contributed by atoms with E-state index in [2.05, 4.69) is 6.58 Å². The summed E-state index contributed by atoms with van der Waals surface area (Å²) in [6.45, 7) is 3.85. The predicted octanol–water partition coefficient (Wildman–Crippen LogP) is 3.64. The van der Waals surface area contributed by atoms with Gasteiger partial charge in [-0.25, -0.2) is 8.78 Å². The third-order valence-corrected chi connectivity index (χ3v) is 3.86. The molecule has 1 fully saturated rings. The third kappa shape index (κ3) is 1.40. The average molecular weight is 220 g/mol. The maximum atomic E-state index is 13.2. The fourth-order valence-corrected chi connectivity index (χ4v) is 2.64. The highest BCUT2D eigenvalue weighted by Crippen LogP contribution is 2.50. The summed E-state index contributed by atoms with van der Waals surface area (Å²) in [5.41, 5.74) is 2.90. The van der Waals surface area contributed by atoms with E-state index < -0.39 is 5.92 Å². The Kier molecular flexibility index (Phi) is 1.84. The number of hydrogen-bond donors (Lipinski definition) is 0. The van der Waals surface area contributed by atoms with Gasteiger partial charge in [0.05, 0.1) is 0 Å². The molecule has 1 saturated carbocycles. The van der Waals surface area contributed by atoms with Crippen LogP contribution < -0.4 is 0 Å². The highest BCUT2D eigenvalue weighted by molar-refractivity contribution is 5.44. The summed E-state index contributed by atoms with van der Waals surface area (Å²) in [5.74, 6) is -2.54. The van der Waals surface area contributed by atoms with Crippen molar-refractivity contribution in [1.29, 1.82) is 0 Å². The highest BCUT2D eigenvalue weighted by atomic mass is 19.3. The summed E-state index contributed by atoms with van der Waals surface area (Å²) < 4.78 is 26.5. The first-order valence-electron chi connectivity index (χ1n) is 5.68. The van der Waals surface area contributed by atoms with Crippen molar-refractivity contribution in [3.63, 3.8) is 0 Å². The topological polar surface area (TPSA) is 0 Å². The van der Waals surface area contributed by atoms with E-state index in [1.165, 1.54) is 5.56 Å². The van der Waals surface area contributed by atoms with Crippen molar-refractivity contribution in [3.05, 3.63) is 47.5 Å². The van der Waals surface area contributed by atoms with Gasteiger partial charge < -0.3 is 0 Å². The number of benzene rings is 1. The van der Waals surface area contributed by atoms with E-state index in [1.54, 1.807) is 0 Å². The van der Waals surface area contributed by atoms with Gasteiger partial charge in [-0.1, -0.05) is 24.3 Å². The number of alkyl halides is 2. The van der Waals surface area contributed by atoms with Crippen LogP contribution in [-0.4, -0.2) is 5.92 Å². The van der Waals surface area contributed by atoms with Gasteiger partial charge in [0.2, 0.25) is 0 Å². The van der Waals surface area contributed by atoms with Crippen molar-refractivity contribution in [1.82, 2.24) is 0 Å². The van der Waals surface area contributed by atoms with Gasteiger partial charge in [0.15, 0.2) is 0 Å². The predicted molar refractivity (Wildman–Crippen MR) is 59.9 cm³/mol. The molecule has 0 radical (unpaired) electrons. The molecule has 0 aliphatic heterocycles. The molecule has 2 aliphatic rings. The Balaban J connectivity index is 1.99. The lowest BCUT2D eigenvalue weighted by Gasteiger charge is -2.11. The monoisotopic (exact) mass is 220 g/mol. The smallest absolute Gasteiger partial charge is 0.206 e. The van der Waals surface area contributed by atoms with Crippen molar-refractivity contribution >= 4 is 0 Å². The van der Waals surface area contributed by atoms with E-state index in [0.717, 1.165) is 24.0 Å². The SMILES string of the molecule is C=CC1(c2ccc3c(c2)CC(F)(F)C3)CC1. The van der Waals surface area contributed by atoms with Crippen LogP contribution in [0.1, 0.15) is 29.5 Å². The van der Waals surface area contributed by atoms with Gasteiger partial charge >= 0.3 is 0 Å². The molecule has 2 aliphatic carbocycles. The molecule has 1 aromatic rings. The van der Waals surface area contributed by atoms with E-state index in [1.807, 2.05) is 24.3 Å². The van der Waals surface area contributed by atoms with Gasteiger partial charge in [-0.15, -0.1) is 6.58 Å². The van der Waals surface area contributed by atoms with Gasteiger partial charge in [0.25, 0.3) is 5.92 Å². The normalized spacial score (nSPS) is 23.9. The maximum absolute atomic E-state index is 13.2. The van der Waals surface area contributed by atoms with Gasteiger partial charge in [-0.3, -0.25) is 0 Å². The van der Waals surface area contributed by atoms with Gasteiger partial charge in [0.1, 0.15) is 0 Å². The van der Waals surface area contributed by atoms with Crippen molar-refractivity contribution < 1.29 is 8.78 Å². The molecule has 1 aromatic carbocycles. The second-order valence-electron chi connectivity index (χ2n) is 5.05. The quantitative estimate of drug-likeness (QED) is 0.667. The van der Waals surface area contributed by atoms with Crippen LogP contribution in [0.4, 0.5) is 8.78 Å². The first-order chi connectivity index (χ1) is 7.55. The Morgan fingerprint density at radius 3 is 2.44 bits per heavy atom. The molecule has 0 unspecified atom stereocenters. The van der Waals surface area contributed by atoms with Crippen LogP contribution in [0.15, 0.2) is 30.9 Å². The molecule has 0 aromatic heterocycles. The van der Waals surface area contributed by atoms with Crippen molar-refractivity contribution in [2.24, 2.45) is 0 Å². The Morgan fingerprint density at radius 2 is 1.81 bits per heavy atom. The minimum Gasteiger partial charge on any atom is -0.206 e. The summed E-state index contributed by atoms with van der Waals surface area (Å²) in [6.07, 6.45) is 3.98. The molecule has 16 heavy (non-hydrogen) atoms. The van der Waals surface area contributed by atoms with Crippen LogP contribution in [0.25, 0.3) is 0 Å². The van der Waals surface area contributed by atoms with Gasteiger partial charge in [-0.2, -0.15) is 0 Å². The summed E-state index contributed by atoms with van der Waals surface area (Å²) in [5, 5.41) is 0. The molecule has 0 N–H and O–H groups in total. The van der Waals surface area contributed by atoms with Gasteiger partial charge in [0, 0.05) is 18.3 Å². The summed E-state index contributed by atoms with van der Waals surface area (Å²) in [7, 11) is 0. The minimum absolute atomic E-state index is 0.0902. The molecule has 0 spiro atoms. The van der Waals surface area contributed by atoms with E-state index in [9.17, 15) is 8.78 Å². The molecule has 0 nitrogen and oxygen atoms in total. The summed E-state index contributed by atoms with van der Waals surface area (Å²) in [4.78, 5) is 0. The summed E-state index contributed by atoms with van der Waals surface area (Å²) in [6, 6.07) is 5.83. The molecule has 0 heterocycles. The molecule has 0 atom stereocenters. The Morgan fingerprint density at radius 1 is 1.12 bits per heavy atom. The zero-order valence-corrected chi connectivity index (χ0v) is 9.10.